The van der Waals surface area contributed by atoms with Crippen molar-refractivity contribution in [3.05, 3.63) is 52.6 Å². The maximum absolute atomic E-state index is 13.2. The Labute approximate surface area is 177 Å². The molecule has 0 aliphatic carbocycles. The molecule has 0 unspecified atom stereocenters. The lowest BCUT2D eigenvalue weighted by atomic mass is 10.0. The first kappa shape index (κ1) is 21.8. The molecule has 1 aliphatic heterocycles. The topological polar surface area (TPSA) is 92.8 Å². The minimum atomic E-state index is -4.18. The summed E-state index contributed by atoms with van der Waals surface area (Å²) in [5, 5.41) is 2.83. The van der Waals surface area contributed by atoms with Crippen molar-refractivity contribution in [3.8, 4) is 5.75 Å². The van der Waals surface area contributed by atoms with Gasteiger partial charge in [-0.15, -0.1) is 0 Å². The number of carbonyl (C=O) groups is 2. The quantitative estimate of drug-likeness (QED) is 0.786. The van der Waals surface area contributed by atoms with Crippen LogP contribution in [0.4, 0.5) is 5.69 Å². The smallest absolute Gasteiger partial charge is 0.267 e. The summed E-state index contributed by atoms with van der Waals surface area (Å²) in [7, 11) is -2.69. The minimum Gasteiger partial charge on any atom is -0.496 e. The molecule has 0 bridgehead atoms. The molecule has 0 radical (unpaired) electrons. The first-order valence-electron chi connectivity index (χ1n) is 9.67. The van der Waals surface area contributed by atoms with Crippen molar-refractivity contribution >= 4 is 27.5 Å². The number of nitrogens with one attached hydrogen (secondary N) is 1. The Hall–Kier alpha value is -2.87. The number of benzene rings is 2. The molecular weight excluding hydrogens is 404 g/mol. The van der Waals surface area contributed by atoms with Crippen LogP contribution in [0.5, 0.6) is 5.75 Å². The maximum atomic E-state index is 13.2. The molecule has 2 amide bonds. The van der Waals surface area contributed by atoms with Gasteiger partial charge < -0.3 is 10.1 Å². The van der Waals surface area contributed by atoms with Crippen molar-refractivity contribution in [2.45, 2.75) is 51.5 Å². The molecule has 1 fully saturated rings. The van der Waals surface area contributed by atoms with E-state index in [1.165, 1.54) is 25.3 Å². The predicted molar refractivity (Wildman–Crippen MR) is 114 cm³/mol. The molecule has 30 heavy (non-hydrogen) atoms. The highest BCUT2D eigenvalue weighted by molar-refractivity contribution is 7.89. The fourth-order valence-corrected chi connectivity index (χ4v) is 5.60. The summed E-state index contributed by atoms with van der Waals surface area (Å²) in [6.07, 6.45) is 0.140. The average Bonchev–Trinajstić information content (AvgIpc) is 3.06. The minimum absolute atomic E-state index is 0.00167. The second-order valence-electron chi connectivity index (χ2n) is 7.64. The molecular formula is C22H26N2O5S. The fourth-order valence-electron chi connectivity index (χ4n) is 3.91. The Morgan fingerprint density at radius 3 is 2.27 bits per heavy atom. The number of hydrogen-bond acceptors (Lipinski definition) is 5. The first-order chi connectivity index (χ1) is 14.1. The maximum Gasteiger partial charge on any atom is 0.267 e. The Kier molecular flexibility index (Phi) is 5.90. The van der Waals surface area contributed by atoms with Crippen LogP contribution in [-0.2, 0) is 19.6 Å². The lowest BCUT2D eigenvalue weighted by Crippen LogP contribution is -2.45. The van der Waals surface area contributed by atoms with E-state index in [0.717, 1.165) is 21.0 Å². The lowest BCUT2D eigenvalue weighted by Gasteiger charge is -2.25. The Morgan fingerprint density at radius 1 is 1.07 bits per heavy atom. The van der Waals surface area contributed by atoms with Crippen molar-refractivity contribution in [3.63, 3.8) is 0 Å². The summed E-state index contributed by atoms with van der Waals surface area (Å²) in [6, 6.07) is 7.16. The van der Waals surface area contributed by atoms with Gasteiger partial charge in [-0.2, -0.15) is 0 Å². The van der Waals surface area contributed by atoms with E-state index in [0.29, 0.717) is 17.0 Å². The van der Waals surface area contributed by atoms with Crippen LogP contribution in [0, 0.1) is 27.7 Å². The fraction of sp³-hybridized carbons (Fsp3) is 0.364. The van der Waals surface area contributed by atoms with E-state index >= 15 is 0 Å². The highest BCUT2D eigenvalue weighted by Crippen LogP contribution is 2.31. The van der Waals surface area contributed by atoms with Gasteiger partial charge in [-0.05, 0) is 69.0 Å². The number of nitrogens with zero attached hydrogens (tertiary/aromatic N) is 1. The number of carbonyl (C=O) groups excluding carboxylic acids is 2. The van der Waals surface area contributed by atoms with Crippen LogP contribution in [0.3, 0.4) is 0 Å². The number of aryl methyl sites for hydroxylation is 4. The molecule has 0 saturated carbocycles. The third-order valence-electron chi connectivity index (χ3n) is 5.31. The van der Waals surface area contributed by atoms with Gasteiger partial charge in [0, 0.05) is 12.1 Å². The molecule has 1 saturated heterocycles. The highest BCUT2D eigenvalue weighted by Gasteiger charge is 2.44. The highest BCUT2D eigenvalue weighted by atomic mass is 32.2. The Morgan fingerprint density at radius 2 is 1.70 bits per heavy atom. The SMILES string of the molecule is COc1ccc(S(=O)(=O)N2C(=O)CC[C@H]2C(=O)Nc2c(C)cc(C)cc2C)cc1C. The second kappa shape index (κ2) is 8.10. The average molecular weight is 431 g/mol. The van der Waals surface area contributed by atoms with Crippen molar-refractivity contribution in [2.24, 2.45) is 0 Å². The monoisotopic (exact) mass is 430 g/mol. The van der Waals surface area contributed by atoms with Crippen LogP contribution >= 0.6 is 0 Å². The largest absolute Gasteiger partial charge is 0.496 e. The molecule has 1 N–H and O–H groups in total. The van der Waals surface area contributed by atoms with E-state index < -0.39 is 27.9 Å². The first-order valence-corrected chi connectivity index (χ1v) is 11.1. The molecule has 1 heterocycles. The summed E-state index contributed by atoms with van der Waals surface area (Å²) >= 11 is 0. The van der Waals surface area contributed by atoms with Crippen molar-refractivity contribution in [1.29, 1.82) is 0 Å². The third kappa shape index (κ3) is 3.92. The van der Waals surface area contributed by atoms with Gasteiger partial charge in [0.25, 0.3) is 10.0 Å². The number of rotatable bonds is 5. The normalized spacial score (nSPS) is 16.6. The van der Waals surface area contributed by atoms with Crippen LogP contribution in [0.2, 0.25) is 0 Å². The lowest BCUT2D eigenvalue weighted by molar-refractivity contribution is -0.128. The van der Waals surface area contributed by atoms with Crippen LogP contribution in [0.25, 0.3) is 0 Å². The van der Waals surface area contributed by atoms with E-state index in [-0.39, 0.29) is 17.7 Å². The van der Waals surface area contributed by atoms with Crippen molar-refractivity contribution in [1.82, 2.24) is 4.31 Å². The molecule has 2 aromatic carbocycles. The molecule has 1 aliphatic rings. The van der Waals surface area contributed by atoms with Gasteiger partial charge in [0.2, 0.25) is 11.8 Å². The van der Waals surface area contributed by atoms with Crippen molar-refractivity contribution < 1.29 is 22.7 Å². The van der Waals surface area contributed by atoms with Gasteiger partial charge in [0.15, 0.2) is 0 Å². The molecule has 8 heteroatoms. The number of sulfonamides is 1. The third-order valence-corrected chi connectivity index (χ3v) is 7.14. The van der Waals surface area contributed by atoms with Gasteiger partial charge in [-0.3, -0.25) is 9.59 Å². The van der Waals surface area contributed by atoms with Crippen LogP contribution in [-0.4, -0.2) is 37.7 Å². The molecule has 2 aromatic rings. The summed E-state index contributed by atoms with van der Waals surface area (Å²) < 4.78 is 32.4. The second-order valence-corrected chi connectivity index (χ2v) is 9.46. The summed E-state index contributed by atoms with van der Waals surface area (Å²) in [5.41, 5.74) is 4.09. The molecule has 7 nitrogen and oxygen atoms in total. The van der Waals surface area contributed by atoms with Crippen LogP contribution in [0.1, 0.15) is 35.1 Å². The number of hydrogen-bond donors (Lipinski definition) is 1. The van der Waals surface area contributed by atoms with E-state index in [2.05, 4.69) is 5.32 Å². The zero-order chi connectivity index (χ0) is 22.2. The Bertz CT molecular complexity index is 1100. The van der Waals surface area contributed by atoms with Crippen LogP contribution < -0.4 is 10.1 Å². The van der Waals surface area contributed by atoms with Crippen LogP contribution in [0.15, 0.2) is 35.2 Å². The standard InChI is InChI=1S/C22H26N2O5S/c1-13-10-15(3)21(16(4)11-13)23-22(26)18-7-9-20(25)24(18)30(27,28)17-6-8-19(29-5)14(2)12-17/h6,8,10-12,18H,7,9H2,1-5H3,(H,23,26)/t18-/m0/s1. The summed E-state index contributed by atoms with van der Waals surface area (Å²) in [4.78, 5) is 25.5. The van der Waals surface area contributed by atoms with E-state index in [1.54, 1.807) is 6.92 Å². The number of amides is 2. The van der Waals surface area contributed by atoms with Gasteiger partial charge >= 0.3 is 0 Å². The number of ether oxygens (including phenoxy) is 1. The molecule has 3 rings (SSSR count). The molecule has 0 aromatic heterocycles. The van der Waals surface area contributed by atoms with Gasteiger partial charge in [-0.25, -0.2) is 12.7 Å². The van der Waals surface area contributed by atoms with E-state index in [4.69, 9.17) is 4.74 Å². The van der Waals surface area contributed by atoms with E-state index in [1.807, 2.05) is 32.9 Å². The number of anilines is 1. The van der Waals surface area contributed by atoms with Crippen molar-refractivity contribution in [2.75, 3.05) is 12.4 Å². The van der Waals surface area contributed by atoms with Gasteiger partial charge in [0.1, 0.15) is 11.8 Å². The zero-order valence-corrected chi connectivity index (χ0v) is 18.6. The zero-order valence-electron chi connectivity index (χ0n) is 17.8. The summed E-state index contributed by atoms with van der Waals surface area (Å²) in [5.74, 6) is -0.549. The molecule has 1 atom stereocenters. The molecule has 160 valence electrons. The van der Waals surface area contributed by atoms with Gasteiger partial charge in [-0.1, -0.05) is 17.7 Å². The molecule has 0 spiro atoms. The van der Waals surface area contributed by atoms with E-state index in [9.17, 15) is 18.0 Å². The number of methoxy groups -OCH3 is 1. The Balaban J connectivity index is 1.94. The predicted octanol–water partition coefficient (Wildman–Crippen LogP) is 3.25. The summed E-state index contributed by atoms with van der Waals surface area (Å²) in [6.45, 7) is 7.44. The van der Waals surface area contributed by atoms with Gasteiger partial charge in [0.05, 0.1) is 12.0 Å².